The van der Waals surface area contributed by atoms with E-state index in [0.717, 1.165) is 12.8 Å². The lowest BCUT2D eigenvalue weighted by atomic mass is 10.2. The Labute approximate surface area is 134 Å². The first-order valence-electron chi connectivity index (χ1n) is 7.17. The summed E-state index contributed by atoms with van der Waals surface area (Å²) in [6.45, 7) is 5.09. The zero-order valence-corrected chi connectivity index (χ0v) is 13.7. The Morgan fingerprint density at radius 1 is 1.41 bits per heavy atom. The van der Waals surface area contributed by atoms with E-state index in [2.05, 4.69) is 15.6 Å². The van der Waals surface area contributed by atoms with Gasteiger partial charge in [-0.25, -0.2) is 4.98 Å². The predicted octanol–water partition coefficient (Wildman–Crippen LogP) is 2.38. The van der Waals surface area contributed by atoms with Crippen molar-refractivity contribution in [3.05, 3.63) is 22.8 Å². The van der Waals surface area contributed by atoms with Gasteiger partial charge in [0.15, 0.2) is 0 Å². The molecule has 0 atom stereocenters. The van der Waals surface area contributed by atoms with Crippen molar-refractivity contribution in [1.82, 2.24) is 10.3 Å². The molecule has 0 saturated heterocycles. The van der Waals surface area contributed by atoms with Gasteiger partial charge < -0.3 is 15.4 Å². The number of carbonyl (C=O) groups is 2. The molecule has 2 N–H and O–H groups in total. The van der Waals surface area contributed by atoms with Crippen LogP contribution in [0.1, 0.15) is 44.0 Å². The first-order chi connectivity index (χ1) is 10.2. The topological polar surface area (TPSA) is 80.3 Å². The number of esters is 1. The summed E-state index contributed by atoms with van der Waals surface area (Å²) in [6, 6.07) is 2.01. The van der Waals surface area contributed by atoms with E-state index in [1.807, 2.05) is 0 Å². The summed E-state index contributed by atoms with van der Waals surface area (Å²) in [5, 5.41) is 5.94. The molecule has 0 bridgehead atoms. The largest absolute Gasteiger partial charge is 0.459 e. The number of nitrogens with one attached hydrogen (secondary N) is 2. The average Bonchev–Trinajstić information content (AvgIpc) is 3.20. The maximum Gasteiger partial charge on any atom is 0.325 e. The Morgan fingerprint density at radius 3 is 2.68 bits per heavy atom. The summed E-state index contributed by atoms with van der Waals surface area (Å²) in [7, 11) is 0. The lowest BCUT2D eigenvalue weighted by Crippen LogP contribution is -2.34. The van der Waals surface area contributed by atoms with Crippen molar-refractivity contribution >= 4 is 29.3 Å². The number of hydrogen-bond acceptors (Lipinski definition) is 5. The van der Waals surface area contributed by atoms with E-state index in [1.165, 1.54) is 6.20 Å². The van der Waals surface area contributed by atoms with E-state index in [1.54, 1.807) is 26.8 Å². The molecular formula is C15H20ClN3O3. The summed E-state index contributed by atoms with van der Waals surface area (Å²) in [6.07, 6.45) is 3.63. The summed E-state index contributed by atoms with van der Waals surface area (Å²) in [5.41, 5.74) is -0.305. The van der Waals surface area contributed by atoms with Gasteiger partial charge in [-0.15, -0.1) is 0 Å². The van der Waals surface area contributed by atoms with Crippen LogP contribution >= 0.6 is 11.6 Å². The molecule has 1 aromatic heterocycles. The number of hydrogen-bond donors (Lipinski definition) is 2. The average molecular weight is 326 g/mol. The van der Waals surface area contributed by atoms with Crippen LogP contribution in [0.5, 0.6) is 0 Å². The summed E-state index contributed by atoms with van der Waals surface area (Å²) < 4.78 is 5.13. The minimum Gasteiger partial charge on any atom is -0.459 e. The highest BCUT2D eigenvalue weighted by Gasteiger charge is 2.22. The first-order valence-corrected chi connectivity index (χ1v) is 7.54. The highest BCUT2D eigenvalue weighted by atomic mass is 35.5. The van der Waals surface area contributed by atoms with Crippen LogP contribution in [0.4, 0.5) is 5.82 Å². The summed E-state index contributed by atoms with van der Waals surface area (Å²) in [5.74, 6) is -0.325. The van der Waals surface area contributed by atoms with Crippen LogP contribution in [-0.4, -0.2) is 35.0 Å². The van der Waals surface area contributed by atoms with E-state index in [-0.39, 0.29) is 17.1 Å². The summed E-state index contributed by atoms with van der Waals surface area (Å²) in [4.78, 5) is 27.9. The van der Waals surface area contributed by atoms with E-state index in [9.17, 15) is 9.59 Å². The molecule has 120 valence electrons. The molecule has 1 fully saturated rings. The van der Waals surface area contributed by atoms with Crippen LogP contribution in [0.3, 0.4) is 0 Å². The fourth-order valence-electron chi connectivity index (χ4n) is 1.75. The third-order valence-corrected chi connectivity index (χ3v) is 3.14. The second-order valence-electron chi connectivity index (χ2n) is 6.24. The van der Waals surface area contributed by atoms with Crippen LogP contribution in [0.25, 0.3) is 0 Å². The molecule has 1 aliphatic carbocycles. The van der Waals surface area contributed by atoms with Crippen molar-refractivity contribution in [2.75, 3.05) is 11.9 Å². The smallest absolute Gasteiger partial charge is 0.325 e. The van der Waals surface area contributed by atoms with Gasteiger partial charge >= 0.3 is 5.97 Å². The molecule has 1 aliphatic rings. The quantitative estimate of drug-likeness (QED) is 0.812. The molecule has 22 heavy (non-hydrogen) atoms. The number of ether oxygens (including phenoxy) is 1. The van der Waals surface area contributed by atoms with E-state index >= 15 is 0 Å². The number of nitrogens with zero attached hydrogens (tertiary/aromatic N) is 1. The van der Waals surface area contributed by atoms with Gasteiger partial charge in [0.25, 0.3) is 5.91 Å². The zero-order chi connectivity index (χ0) is 16.3. The first kappa shape index (κ1) is 16.5. The third-order valence-electron chi connectivity index (χ3n) is 2.84. The van der Waals surface area contributed by atoms with Crippen molar-refractivity contribution < 1.29 is 14.3 Å². The molecule has 1 saturated carbocycles. The lowest BCUT2D eigenvalue weighted by Gasteiger charge is -2.19. The SMILES string of the molecule is CC(C)(C)OC(=O)CNC(=O)c1cc(NC2CC2)ncc1Cl. The highest BCUT2D eigenvalue weighted by Crippen LogP contribution is 2.25. The highest BCUT2D eigenvalue weighted by molar-refractivity contribution is 6.33. The monoisotopic (exact) mass is 325 g/mol. The number of carbonyl (C=O) groups excluding carboxylic acids is 2. The second kappa shape index (κ2) is 6.52. The number of anilines is 1. The van der Waals surface area contributed by atoms with Gasteiger partial charge in [0.2, 0.25) is 0 Å². The zero-order valence-electron chi connectivity index (χ0n) is 12.9. The molecule has 0 aliphatic heterocycles. The van der Waals surface area contributed by atoms with Gasteiger partial charge in [0.1, 0.15) is 18.0 Å². The van der Waals surface area contributed by atoms with Crippen molar-refractivity contribution in [3.63, 3.8) is 0 Å². The van der Waals surface area contributed by atoms with Gasteiger partial charge in [-0.1, -0.05) is 11.6 Å². The minimum atomic E-state index is -0.586. The molecule has 0 spiro atoms. The van der Waals surface area contributed by atoms with Gasteiger partial charge in [-0.05, 0) is 39.7 Å². The summed E-state index contributed by atoms with van der Waals surface area (Å²) >= 11 is 6.00. The molecule has 0 radical (unpaired) electrons. The maximum absolute atomic E-state index is 12.1. The van der Waals surface area contributed by atoms with Crippen LogP contribution in [0, 0.1) is 0 Å². The number of pyridine rings is 1. The van der Waals surface area contributed by atoms with E-state index in [4.69, 9.17) is 16.3 Å². The third kappa shape index (κ3) is 5.18. The van der Waals surface area contributed by atoms with Gasteiger partial charge in [-0.3, -0.25) is 9.59 Å². The molecule has 0 unspecified atom stereocenters. The fraction of sp³-hybridized carbons (Fsp3) is 0.533. The Balaban J connectivity index is 1.95. The molecule has 1 heterocycles. The fourth-order valence-corrected chi connectivity index (χ4v) is 1.94. The lowest BCUT2D eigenvalue weighted by molar-refractivity contribution is -0.153. The van der Waals surface area contributed by atoms with Gasteiger partial charge in [0, 0.05) is 12.2 Å². The van der Waals surface area contributed by atoms with Crippen LogP contribution in [-0.2, 0) is 9.53 Å². The van der Waals surface area contributed by atoms with Crippen molar-refractivity contribution in [2.45, 2.75) is 45.3 Å². The molecule has 2 rings (SSSR count). The Kier molecular flexibility index (Phi) is 4.90. The number of amides is 1. The molecule has 1 aromatic rings. The van der Waals surface area contributed by atoms with Crippen LogP contribution < -0.4 is 10.6 Å². The minimum absolute atomic E-state index is 0.208. The predicted molar refractivity (Wildman–Crippen MR) is 84.1 cm³/mol. The van der Waals surface area contributed by atoms with Crippen molar-refractivity contribution in [2.24, 2.45) is 0 Å². The molecule has 0 aromatic carbocycles. The van der Waals surface area contributed by atoms with Gasteiger partial charge in [-0.2, -0.15) is 0 Å². The van der Waals surface area contributed by atoms with Gasteiger partial charge in [0.05, 0.1) is 10.6 Å². The van der Waals surface area contributed by atoms with Crippen molar-refractivity contribution in [3.8, 4) is 0 Å². The van der Waals surface area contributed by atoms with Crippen LogP contribution in [0.2, 0.25) is 5.02 Å². The Bertz CT molecular complexity index is 580. The Hall–Kier alpha value is -1.82. The van der Waals surface area contributed by atoms with E-state index < -0.39 is 17.5 Å². The molecular weight excluding hydrogens is 306 g/mol. The molecule has 1 amide bonds. The van der Waals surface area contributed by atoms with Crippen LogP contribution in [0.15, 0.2) is 12.3 Å². The van der Waals surface area contributed by atoms with Crippen molar-refractivity contribution in [1.29, 1.82) is 0 Å². The molecule has 6 nitrogen and oxygen atoms in total. The normalized spacial score (nSPS) is 14.4. The van der Waals surface area contributed by atoms with E-state index in [0.29, 0.717) is 11.9 Å². The second-order valence-corrected chi connectivity index (χ2v) is 6.64. The Morgan fingerprint density at radius 2 is 2.09 bits per heavy atom. The number of halogens is 1. The molecule has 7 heteroatoms. The number of aromatic nitrogens is 1. The standard InChI is InChI=1S/C15H20ClN3O3/c1-15(2,3)22-13(20)8-18-14(21)10-6-12(17-7-11(10)16)19-9-4-5-9/h6-7,9H,4-5,8H2,1-3H3,(H,17,19)(H,18,21). The number of rotatable bonds is 5. The maximum atomic E-state index is 12.1.